The molecule has 1 aliphatic heterocycles. The third kappa shape index (κ3) is 3.68. The Kier molecular flexibility index (Phi) is 5.03. The van der Waals surface area contributed by atoms with Crippen molar-refractivity contribution in [2.24, 2.45) is 0 Å². The van der Waals surface area contributed by atoms with Crippen molar-refractivity contribution in [1.82, 2.24) is 24.9 Å². The number of piperazine rings is 1. The predicted molar refractivity (Wildman–Crippen MR) is 117 cm³/mol. The molecule has 0 radical (unpaired) electrons. The van der Waals surface area contributed by atoms with Gasteiger partial charge >= 0.3 is 0 Å². The molecule has 166 valence electrons. The molecule has 3 aromatic heterocycles. The normalized spacial score (nSPS) is 16.7. The Morgan fingerprint density at radius 2 is 1.78 bits per heavy atom. The Hall–Kier alpha value is -3.49. The summed E-state index contributed by atoms with van der Waals surface area (Å²) < 4.78 is 5.50. The number of pyridine rings is 2. The van der Waals surface area contributed by atoms with Gasteiger partial charge < -0.3 is 19.3 Å². The molecule has 1 saturated heterocycles. The standard InChI is InChI=1S/C23H25N5O4/c1-13(2)20-19-16(11-17(14-3-4-14)25-21(19)32-26-20)23(31)28-9-7-27(8-10-28)22(30)15-5-6-18(29)24-12-15/h5-6,11-14H,3-4,7-10H2,1-2H3,(H,24,29). The third-order valence-electron chi connectivity index (χ3n) is 6.15. The summed E-state index contributed by atoms with van der Waals surface area (Å²) in [5, 5.41) is 4.89. The molecule has 0 bridgehead atoms. The molecule has 1 aliphatic carbocycles. The van der Waals surface area contributed by atoms with E-state index in [1.165, 1.54) is 18.3 Å². The lowest BCUT2D eigenvalue weighted by atomic mass is 10.0. The smallest absolute Gasteiger partial charge is 0.259 e. The molecule has 2 fully saturated rings. The van der Waals surface area contributed by atoms with Crippen molar-refractivity contribution in [2.75, 3.05) is 26.2 Å². The summed E-state index contributed by atoms with van der Waals surface area (Å²) in [6, 6.07) is 4.76. The Morgan fingerprint density at radius 1 is 1.09 bits per heavy atom. The molecule has 1 saturated carbocycles. The number of hydrogen-bond acceptors (Lipinski definition) is 6. The van der Waals surface area contributed by atoms with Crippen LogP contribution >= 0.6 is 0 Å². The van der Waals surface area contributed by atoms with E-state index in [-0.39, 0.29) is 23.3 Å². The zero-order valence-electron chi connectivity index (χ0n) is 18.1. The van der Waals surface area contributed by atoms with E-state index in [1.54, 1.807) is 9.80 Å². The van der Waals surface area contributed by atoms with Gasteiger partial charge in [-0.25, -0.2) is 4.98 Å². The van der Waals surface area contributed by atoms with Crippen LogP contribution < -0.4 is 5.56 Å². The Labute approximate surface area is 184 Å². The minimum atomic E-state index is -0.249. The second-order valence-corrected chi connectivity index (χ2v) is 8.80. The van der Waals surface area contributed by atoms with Gasteiger partial charge in [-0.3, -0.25) is 14.4 Å². The van der Waals surface area contributed by atoms with E-state index in [0.717, 1.165) is 24.2 Å². The molecule has 1 N–H and O–H groups in total. The van der Waals surface area contributed by atoms with E-state index >= 15 is 0 Å². The minimum absolute atomic E-state index is 0.0828. The molecule has 9 nitrogen and oxygen atoms in total. The molecule has 0 atom stereocenters. The van der Waals surface area contributed by atoms with Crippen LogP contribution in [0.3, 0.4) is 0 Å². The number of hydrogen-bond donors (Lipinski definition) is 1. The van der Waals surface area contributed by atoms with E-state index in [9.17, 15) is 14.4 Å². The molecular formula is C23H25N5O4. The van der Waals surface area contributed by atoms with E-state index in [0.29, 0.717) is 54.3 Å². The van der Waals surface area contributed by atoms with Gasteiger partial charge in [-0.05, 0) is 30.9 Å². The van der Waals surface area contributed by atoms with Gasteiger partial charge in [0, 0.05) is 50.1 Å². The average Bonchev–Trinajstić information content (AvgIpc) is 3.56. The maximum Gasteiger partial charge on any atom is 0.259 e. The average molecular weight is 435 g/mol. The van der Waals surface area contributed by atoms with Crippen LogP contribution in [0.5, 0.6) is 0 Å². The quantitative estimate of drug-likeness (QED) is 0.674. The summed E-state index contributed by atoms with van der Waals surface area (Å²) in [6.07, 6.45) is 3.57. The summed E-state index contributed by atoms with van der Waals surface area (Å²) in [4.78, 5) is 48.1. The molecule has 32 heavy (non-hydrogen) atoms. The summed E-state index contributed by atoms with van der Waals surface area (Å²) in [7, 11) is 0. The molecule has 2 aliphatic rings. The molecule has 9 heteroatoms. The zero-order chi connectivity index (χ0) is 22.4. The molecule has 3 aromatic rings. The van der Waals surface area contributed by atoms with Gasteiger partial charge in [0.1, 0.15) is 0 Å². The van der Waals surface area contributed by atoms with Crippen molar-refractivity contribution in [1.29, 1.82) is 0 Å². The summed E-state index contributed by atoms with van der Waals surface area (Å²) >= 11 is 0. The Balaban J connectivity index is 1.38. The highest BCUT2D eigenvalue weighted by atomic mass is 16.5. The van der Waals surface area contributed by atoms with Crippen LogP contribution in [0.4, 0.5) is 0 Å². The van der Waals surface area contributed by atoms with Gasteiger partial charge in [0.05, 0.1) is 22.2 Å². The lowest BCUT2D eigenvalue weighted by Crippen LogP contribution is -2.50. The third-order valence-corrected chi connectivity index (χ3v) is 6.15. The first-order valence-corrected chi connectivity index (χ1v) is 11.0. The summed E-state index contributed by atoms with van der Waals surface area (Å²) in [5.74, 6) is 0.242. The van der Waals surface area contributed by atoms with Crippen LogP contribution in [-0.2, 0) is 0 Å². The van der Waals surface area contributed by atoms with Crippen LogP contribution in [0, 0.1) is 0 Å². The van der Waals surface area contributed by atoms with E-state index in [2.05, 4.69) is 15.1 Å². The number of fused-ring (bicyclic) bond motifs is 1. The van der Waals surface area contributed by atoms with Crippen molar-refractivity contribution < 1.29 is 14.1 Å². The molecule has 0 aromatic carbocycles. The summed E-state index contributed by atoms with van der Waals surface area (Å²) in [5.41, 5.74) is 2.82. The van der Waals surface area contributed by atoms with Gasteiger partial charge in [-0.2, -0.15) is 0 Å². The Morgan fingerprint density at radius 3 is 2.38 bits per heavy atom. The van der Waals surface area contributed by atoms with Crippen molar-refractivity contribution in [3.8, 4) is 0 Å². The maximum atomic E-state index is 13.6. The lowest BCUT2D eigenvalue weighted by molar-refractivity contribution is 0.0536. The fourth-order valence-electron chi connectivity index (χ4n) is 4.15. The molecule has 5 rings (SSSR count). The lowest BCUT2D eigenvalue weighted by Gasteiger charge is -2.35. The second-order valence-electron chi connectivity index (χ2n) is 8.80. The van der Waals surface area contributed by atoms with Crippen LogP contribution in [-0.4, -0.2) is 62.9 Å². The number of amides is 2. The van der Waals surface area contributed by atoms with E-state index < -0.39 is 0 Å². The molecule has 0 unspecified atom stereocenters. The van der Waals surface area contributed by atoms with Gasteiger partial charge in [0.25, 0.3) is 17.5 Å². The topological polar surface area (TPSA) is 112 Å². The van der Waals surface area contributed by atoms with Gasteiger partial charge in [-0.15, -0.1) is 0 Å². The zero-order valence-corrected chi connectivity index (χ0v) is 18.1. The van der Waals surface area contributed by atoms with E-state index in [1.807, 2.05) is 19.9 Å². The number of H-pyrrole nitrogens is 1. The number of carbonyl (C=O) groups excluding carboxylic acids is 2. The number of nitrogens with one attached hydrogen (secondary N) is 1. The number of rotatable bonds is 4. The number of nitrogens with zero attached hydrogens (tertiary/aromatic N) is 4. The number of carbonyl (C=O) groups is 2. The van der Waals surface area contributed by atoms with Crippen molar-refractivity contribution in [3.63, 3.8) is 0 Å². The first kappa shape index (κ1) is 20.4. The number of aromatic nitrogens is 3. The van der Waals surface area contributed by atoms with Crippen molar-refractivity contribution in [2.45, 2.75) is 38.5 Å². The highest BCUT2D eigenvalue weighted by Crippen LogP contribution is 2.41. The van der Waals surface area contributed by atoms with Crippen molar-refractivity contribution in [3.05, 3.63) is 57.3 Å². The van der Waals surface area contributed by atoms with Gasteiger partial charge in [0.2, 0.25) is 5.56 Å². The predicted octanol–water partition coefficient (Wildman–Crippen LogP) is 2.51. The fraction of sp³-hybridized carbons (Fsp3) is 0.435. The van der Waals surface area contributed by atoms with E-state index in [4.69, 9.17) is 4.52 Å². The number of aromatic amines is 1. The first-order chi connectivity index (χ1) is 15.4. The summed E-state index contributed by atoms with van der Waals surface area (Å²) in [6.45, 7) is 5.74. The molecule has 0 spiro atoms. The maximum absolute atomic E-state index is 13.6. The van der Waals surface area contributed by atoms with Gasteiger partial charge in [0.15, 0.2) is 0 Å². The van der Waals surface area contributed by atoms with Crippen LogP contribution in [0.2, 0.25) is 0 Å². The molecule has 4 heterocycles. The monoisotopic (exact) mass is 435 g/mol. The highest BCUT2D eigenvalue weighted by molar-refractivity contribution is 6.06. The Bertz CT molecular complexity index is 1230. The van der Waals surface area contributed by atoms with Crippen LogP contribution in [0.1, 0.15) is 70.6 Å². The molecular weight excluding hydrogens is 410 g/mol. The second kappa shape index (κ2) is 7.89. The SMILES string of the molecule is CC(C)c1noc2nc(C3CC3)cc(C(=O)N3CCN(C(=O)c4ccc(=O)[nH]c4)CC3)c12. The largest absolute Gasteiger partial charge is 0.335 e. The minimum Gasteiger partial charge on any atom is -0.335 e. The highest BCUT2D eigenvalue weighted by Gasteiger charge is 2.32. The fourth-order valence-corrected chi connectivity index (χ4v) is 4.15. The van der Waals surface area contributed by atoms with Crippen molar-refractivity contribution >= 4 is 22.9 Å². The van der Waals surface area contributed by atoms with Crippen LogP contribution in [0.15, 0.2) is 33.7 Å². The van der Waals surface area contributed by atoms with Gasteiger partial charge in [-0.1, -0.05) is 19.0 Å². The molecule has 2 amide bonds. The van der Waals surface area contributed by atoms with Crippen LogP contribution in [0.25, 0.3) is 11.1 Å². The first-order valence-electron chi connectivity index (χ1n) is 11.0.